The molecule has 1 rings (SSSR count). The van der Waals surface area contributed by atoms with E-state index in [1.165, 1.54) is 26.1 Å². The van der Waals surface area contributed by atoms with Gasteiger partial charge in [0.2, 0.25) is 15.9 Å². The molecule has 0 spiro atoms. The van der Waals surface area contributed by atoms with Gasteiger partial charge < -0.3 is 15.4 Å². The van der Waals surface area contributed by atoms with Crippen LogP contribution < -0.4 is 15.4 Å². The van der Waals surface area contributed by atoms with Crippen LogP contribution in [-0.4, -0.2) is 52.4 Å². The number of amides is 2. The summed E-state index contributed by atoms with van der Waals surface area (Å²) in [6.07, 6.45) is 0.760. The van der Waals surface area contributed by atoms with Gasteiger partial charge in [0.05, 0.1) is 10.6 Å². The highest BCUT2D eigenvalue weighted by atomic mass is 35.5. The third-order valence-corrected chi connectivity index (χ3v) is 5.28. The zero-order chi connectivity index (χ0) is 20.6. The number of sulfonamides is 1. The summed E-state index contributed by atoms with van der Waals surface area (Å²) >= 11 is 5.84. The van der Waals surface area contributed by atoms with Crippen molar-refractivity contribution >= 4 is 39.4 Å². The van der Waals surface area contributed by atoms with Crippen LogP contribution in [0.15, 0.2) is 23.1 Å². The summed E-state index contributed by atoms with van der Waals surface area (Å²) < 4.78 is 30.7. The molecule has 0 aliphatic rings. The van der Waals surface area contributed by atoms with Gasteiger partial charge in [0.1, 0.15) is 10.9 Å². The van der Waals surface area contributed by atoms with Gasteiger partial charge in [-0.1, -0.05) is 18.5 Å². The van der Waals surface area contributed by atoms with E-state index in [0.717, 1.165) is 12.5 Å². The van der Waals surface area contributed by atoms with Crippen LogP contribution in [0.2, 0.25) is 5.02 Å². The molecule has 2 amide bonds. The first-order valence-corrected chi connectivity index (χ1v) is 9.95. The molecule has 0 aliphatic heterocycles. The van der Waals surface area contributed by atoms with Gasteiger partial charge in [-0.25, -0.2) is 17.9 Å². The predicted molar refractivity (Wildman–Crippen MR) is 98.9 cm³/mol. The Balaban J connectivity index is 2.68. The Morgan fingerprint density at radius 1 is 1.26 bits per heavy atom. The van der Waals surface area contributed by atoms with Gasteiger partial charge in [0.25, 0.3) is 5.91 Å². The summed E-state index contributed by atoms with van der Waals surface area (Å²) in [4.78, 5) is 35.2. The van der Waals surface area contributed by atoms with Crippen molar-refractivity contribution in [2.75, 3.05) is 20.2 Å². The molecule has 150 valence electrons. The number of hydrogen-bond donors (Lipinski definition) is 3. The van der Waals surface area contributed by atoms with E-state index < -0.39 is 34.5 Å². The van der Waals surface area contributed by atoms with Crippen molar-refractivity contribution in [2.45, 2.75) is 31.2 Å². The van der Waals surface area contributed by atoms with Crippen LogP contribution in [0.25, 0.3) is 0 Å². The average molecular weight is 420 g/mol. The summed E-state index contributed by atoms with van der Waals surface area (Å²) in [5, 5.41) is 4.95. The Labute approximate surface area is 162 Å². The Morgan fingerprint density at radius 2 is 1.93 bits per heavy atom. The normalized spacial score (nSPS) is 12.1. The second kappa shape index (κ2) is 10.2. The summed E-state index contributed by atoms with van der Waals surface area (Å²) in [7, 11) is -2.66. The van der Waals surface area contributed by atoms with Crippen LogP contribution in [0.4, 0.5) is 0 Å². The molecule has 27 heavy (non-hydrogen) atoms. The van der Waals surface area contributed by atoms with Crippen molar-refractivity contribution in [3.8, 4) is 0 Å². The molecular weight excluding hydrogens is 398 g/mol. The fourth-order valence-electron chi connectivity index (χ4n) is 1.91. The molecule has 0 bridgehead atoms. The van der Waals surface area contributed by atoms with Crippen molar-refractivity contribution in [1.29, 1.82) is 0 Å². The van der Waals surface area contributed by atoms with Crippen molar-refractivity contribution in [1.82, 2.24) is 15.4 Å². The molecule has 0 unspecified atom stereocenters. The Hall–Kier alpha value is -2.17. The van der Waals surface area contributed by atoms with Gasteiger partial charge in [-0.2, -0.15) is 0 Å². The highest BCUT2D eigenvalue weighted by Gasteiger charge is 2.20. The SMILES string of the molecule is CCCNC(=O)[C@@H](C)NC(=O)COC(=O)c1ccc(Cl)c(S(=O)(=O)NC)c1. The van der Waals surface area contributed by atoms with Gasteiger partial charge in [0, 0.05) is 6.54 Å². The van der Waals surface area contributed by atoms with Crippen LogP contribution in [0.5, 0.6) is 0 Å². The van der Waals surface area contributed by atoms with Gasteiger partial charge in [-0.15, -0.1) is 0 Å². The molecule has 1 atom stereocenters. The molecule has 0 saturated carbocycles. The molecule has 0 aromatic heterocycles. The van der Waals surface area contributed by atoms with Crippen LogP contribution in [0.3, 0.4) is 0 Å². The number of nitrogens with one attached hydrogen (secondary N) is 3. The zero-order valence-electron chi connectivity index (χ0n) is 15.2. The summed E-state index contributed by atoms with van der Waals surface area (Å²) in [5.74, 6) is -1.92. The van der Waals surface area contributed by atoms with E-state index in [4.69, 9.17) is 16.3 Å². The first-order valence-electron chi connectivity index (χ1n) is 8.09. The van der Waals surface area contributed by atoms with Crippen LogP contribution >= 0.6 is 11.6 Å². The zero-order valence-corrected chi connectivity index (χ0v) is 16.7. The monoisotopic (exact) mass is 419 g/mol. The highest BCUT2D eigenvalue weighted by Crippen LogP contribution is 2.22. The highest BCUT2D eigenvalue weighted by molar-refractivity contribution is 7.89. The largest absolute Gasteiger partial charge is 0.452 e. The molecule has 9 nitrogen and oxygen atoms in total. The molecular formula is C16H22ClN3O6S. The van der Waals surface area contributed by atoms with E-state index in [1.807, 2.05) is 6.92 Å². The smallest absolute Gasteiger partial charge is 0.338 e. The number of carbonyl (C=O) groups is 3. The van der Waals surface area contributed by atoms with Gasteiger partial charge in [-0.05, 0) is 38.6 Å². The molecule has 1 aromatic carbocycles. The lowest BCUT2D eigenvalue weighted by molar-refractivity contribution is -0.130. The van der Waals surface area contributed by atoms with E-state index in [9.17, 15) is 22.8 Å². The van der Waals surface area contributed by atoms with E-state index in [-0.39, 0.29) is 21.4 Å². The molecule has 11 heteroatoms. The fourth-order valence-corrected chi connectivity index (χ4v) is 3.16. The number of halogens is 1. The summed E-state index contributed by atoms with van der Waals surface area (Å²) in [6.45, 7) is 3.26. The lowest BCUT2D eigenvalue weighted by atomic mass is 10.2. The number of ether oxygens (including phenoxy) is 1. The summed E-state index contributed by atoms with van der Waals surface area (Å²) in [5.41, 5.74) is -0.0882. The Kier molecular flexibility index (Phi) is 8.67. The number of esters is 1. The number of hydrogen-bond acceptors (Lipinski definition) is 6. The van der Waals surface area contributed by atoms with Crippen molar-refractivity contribution < 1.29 is 27.5 Å². The third kappa shape index (κ3) is 6.81. The molecule has 3 N–H and O–H groups in total. The first-order chi connectivity index (χ1) is 12.6. The van der Waals surface area contributed by atoms with E-state index >= 15 is 0 Å². The van der Waals surface area contributed by atoms with E-state index in [1.54, 1.807) is 0 Å². The maximum atomic E-state index is 12.0. The first kappa shape index (κ1) is 22.9. The maximum Gasteiger partial charge on any atom is 0.338 e. The minimum absolute atomic E-state index is 0.0643. The minimum atomic E-state index is -3.86. The topological polar surface area (TPSA) is 131 Å². The lowest BCUT2D eigenvalue weighted by Gasteiger charge is -2.14. The van der Waals surface area contributed by atoms with Crippen LogP contribution in [0, 0.1) is 0 Å². The Morgan fingerprint density at radius 3 is 2.52 bits per heavy atom. The number of benzene rings is 1. The molecule has 0 heterocycles. The Bertz CT molecular complexity index is 812. The van der Waals surface area contributed by atoms with Crippen LogP contribution in [0.1, 0.15) is 30.6 Å². The van der Waals surface area contributed by atoms with Gasteiger partial charge >= 0.3 is 5.97 Å². The van der Waals surface area contributed by atoms with Gasteiger partial charge in [0.15, 0.2) is 6.61 Å². The van der Waals surface area contributed by atoms with Crippen molar-refractivity contribution in [3.05, 3.63) is 28.8 Å². The number of rotatable bonds is 9. The van der Waals surface area contributed by atoms with Crippen molar-refractivity contribution in [3.63, 3.8) is 0 Å². The van der Waals surface area contributed by atoms with Crippen LogP contribution in [-0.2, 0) is 24.3 Å². The fraction of sp³-hybridized carbons (Fsp3) is 0.438. The van der Waals surface area contributed by atoms with Gasteiger partial charge in [-0.3, -0.25) is 9.59 Å². The maximum absolute atomic E-state index is 12.0. The molecule has 0 aliphatic carbocycles. The molecule has 0 radical (unpaired) electrons. The second-order valence-corrected chi connectivity index (χ2v) is 7.77. The average Bonchev–Trinajstić information content (AvgIpc) is 2.64. The molecule has 0 fully saturated rings. The quantitative estimate of drug-likeness (QED) is 0.498. The van der Waals surface area contributed by atoms with Crippen molar-refractivity contribution in [2.24, 2.45) is 0 Å². The standard InChI is InChI=1S/C16H22ClN3O6S/c1-4-7-19-15(22)10(2)20-14(21)9-26-16(23)11-5-6-12(17)13(8-11)27(24,25)18-3/h5-6,8,10,18H,4,7,9H2,1-3H3,(H,19,22)(H,20,21)/t10-/m1/s1. The second-order valence-electron chi connectivity index (χ2n) is 5.51. The predicted octanol–water partition coefficient (Wildman–Crippen LogP) is 0.436. The third-order valence-electron chi connectivity index (χ3n) is 3.38. The number of carbonyl (C=O) groups excluding carboxylic acids is 3. The lowest BCUT2D eigenvalue weighted by Crippen LogP contribution is -2.46. The minimum Gasteiger partial charge on any atom is -0.452 e. The molecule has 1 aromatic rings. The molecule has 0 saturated heterocycles. The van der Waals surface area contributed by atoms with E-state index in [2.05, 4.69) is 15.4 Å². The summed E-state index contributed by atoms with van der Waals surface area (Å²) in [6, 6.07) is 2.78. The van der Waals surface area contributed by atoms with E-state index in [0.29, 0.717) is 6.54 Å².